The lowest BCUT2D eigenvalue weighted by Gasteiger charge is -1.96. The first-order valence-corrected chi connectivity index (χ1v) is 5.48. The summed E-state index contributed by atoms with van der Waals surface area (Å²) >= 11 is 1.71. The molecule has 0 bridgehead atoms. The van der Waals surface area contributed by atoms with Crippen molar-refractivity contribution in [1.82, 2.24) is 9.78 Å². The molecule has 0 unspecified atom stereocenters. The van der Waals surface area contributed by atoms with E-state index in [9.17, 15) is 0 Å². The van der Waals surface area contributed by atoms with Gasteiger partial charge in [0, 0.05) is 18.3 Å². The molecule has 0 amide bonds. The molecule has 0 aliphatic carbocycles. The Balaban J connectivity index is 2.17. The summed E-state index contributed by atoms with van der Waals surface area (Å²) in [6.07, 6.45) is 2.02. The van der Waals surface area contributed by atoms with E-state index < -0.39 is 0 Å². The van der Waals surface area contributed by atoms with Gasteiger partial charge in [-0.05, 0) is 29.3 Å². The minimum Gasteiger partial charge on any atom is -0.326 e. The molecule has 2 heterocycles. The van der Waals surface area contributed by atoms with Gasteiger partial charge in [-0.1, -0.05) is 0 Å². The van der Waals surface area contributed by atoms with Crippen LogP contribution in [0.1, 0.15) is 16.8 Å². The first-order valence-electron chi connectivity index (χ1n) is 4.53. The van der Waals surface area contributed by atoms with E-state index in [0.29, 0.717) is 6.54 Å². The van der Waals surface area contributed by atoms with Gasteiger partial charge in [-0.25, -0.2) is 0 Å². The summed E-state index contributed by atoms with van der Waals surface area (Å²) in [7, 11) is 0. The van der Waals surface area contributed by atoms with Gasteiger partial charge in [-0.3, -0.25) is 4.68 Å². The van der Waals surface area contributed by atoms with Gasteiger partial charge in [0.25, 0.3) is 0 Å². The van der Waals surface area contributed by atoms with E-state index in [1.807, 2.05) is 17.8 Å². The standard InChI is InChI=1S/C10H13N3S/c1-8-10(4-11)6-13(12-8)5-9-2-3-14-7-9/h2-3,6-7H,4-5,11H2,1H3. The third kappa shape index (κ3) is 1.86. The number of aryl methyl sites for hydroxylation is 1. The zero-order valence-electron chi connectivity index (χ0n) is 8.10. The fourth-order valence-electron chi connectivity index (χ4n) is 1.41. The summed E-state index contributed by atoms with van der Waals surface area (Å²) in [5.41, 5.74) is 9.03. The van der Waals surface area contributed by atoms with E-state index in [1.54, 1.807) is 11.3 Å². The van der Waals surface area contributed by atoms with E-state index in [-0.39, 0.29) is 0 Å². The van der Waals surface area contributed by atoms with Crippen LogP contribution in [0.3, 0.4) is 0 Å². The van der Waals surface area contributed by atoms with Crippen molar-refractivity contribution in [2.24, 2.45) is 5.73 Å². The molecule has 2 N–H and O–H groups in total. The van der Waals surface area contributed by atoms with Crippen molar-refractivity contribution in [3.8, 4) is 0 Å². The van der Waals surface area contributed by atoms with Gasteiger partial charge >= 0.3 is 0 Å². The molecule has 0 aliphatic heterocycles. The first kappa shape index (κ1) is 9.43. The Bertz CT molecular complexity index is 403. The number of thiophene rings is 1. The lowest BCUT2D eigenvalue weighted by Crippen LogP contribution is -1.99. The molecule has 0 saturated carbocycles. The van der Waals surface area contributed by atoms with E-state index in [0.717, 1.165) is 17.8 Å². The van der Waals surface area contributed by atoms with Gasteiger partial charge in [0.05, 0.1) is 12.2 Å². The topological polar surface area (TPSA) is 43.8 Å². The Morgan fingerprint density at radius 2 is 2.43 bits per heavy atom. The second-order valence-electron chi connectivity index (χ2n) is 3.27. The smallest absolute Gasteiger partial charge is 0.0667 e. The number of hydrogen-bond donors (Lipinski definition) is 1. The van der Waals surface area contributed by atoms with Crippen LogP contribution in [0.4, 0.5) is 0 Å². The van der Waals surface area contributed by atoms with Crippen LogP contribution < -0.4 is 5.73 Å². The molecule has 14 heavy (non-hydrogen) atoms. The molecule has 0 spiro atoms. The maximum Gasteiger partial charge on any atom is 0.0667 e. The Morgan fingerprint density at radius 3 is 3.00 bits per heavy atom. The zero-order chi connectivity index (χ0) is 9.97. The average Bonchev–Trinajstić information content (AvgIpc) is 2.76. The maximum absolute atomic E-state index is 5.59. The van der Waals surface area contributed by atoms with Crippen molar-refractivity contribution in [3.05, 3.63) is 39.8 Å². The Hall–Kier alpha value is -1.13. The third-order valence-electron chi connectivity index (χ3n) is 2.19. The monoisotopic (exact) mass is 207 g/mol. The number of rotatable bonds is 3. The van der Waals surface area contributed by atoms with Crippen LogP contribution >= 0.6 is 11.3 Å². The van der Waals surface area contributed by atoms with E-state index in [4.69, 9.17) is 5.73 Å². The molecule has 0 atom stereocenters. The van der Waals surface area contributed by atoms with E-state index in [2.05, 4.69) is 21.9 Å². The van der Waals surface area contributed by atoms with Gasteiger partial charge in [-0.2, -0.15) is 16.4 Å². The number of nitrogens with two attached hydrogens (primary N) is 1. The Kier molecular flexibility index (Phi) is 2.65. The minimum atomic E-state index is 0.565. The van der Waals surface area contributed by atoms with Crippen molar-refractivity contribution >= 4 is 11.3 Å². The average molecular weight is 207 g/mol. The molecule has 0 aliphatic rings. The molecule has 2 aromatic heterocycles. The second kappa shape index (κ2) is 3.94. The van der Waals surface area contributed by atoms with Gasteiger partial charge in [0.1, 0.15) is 0 Å². The highest BCUT2D eigenvalue weighted by Gasteiger charge is 2.03. The molecule has 74 valence electrons. The summed E-state index contributed by atoms with van der Waals surface area (Å²) < 4.78 is 1.94. The molecule has 2 aromatic rings. The van der Waals surface area contributed by atoms with Crippen molar-refractivity contribution < 1.29 is 0 Å². The van der Waals surface area contributed by atoms with Crippen LogP contribution in [0.15, 0.2) is 23.0 Å². The normalized spacial score (nSPS) is 10.7. The largest absolute Gasteiger partial charge is 0.326 e. The number of hydrogen-bond acceptors (Lipinski definition) is 3. The third-order valence-corrected chi connectivity index (χ3v) is 2.92. The fourth-order valence-corrected chi connectivity index (χ4v) is 2.07. The zero-order valence-corrected chi connectivity index (χ0v) is 8.92. The lowest BCUT2D eigenvalue weighted by atomic mass is 10.3. The molecule has 0 saturated heterocycles. The van der Waals surface area contributed by atoms with Crippen LogP contribution in [0.5, 0.6) is 0 Å². The fraction of sp³-hybridized carbons (Fsp3) is 0.300. The molecule has 3 nitrogen and oxygen atoms in total. The maximum atomic E-state index is 5.59. The summed E-state index contributed by atoms with van der Waals surface area (Å²) in [5.74, 6) is 0. The molecule has 0 radical (unpaired) electrons. The summed E-state index contributed by atoms with van der Waals surface area (Å²) in [6, 6.07) is 2.11. The van der Waals surface area contributed by atoms with Crippen LogP contribution in [-0.4, -0.2) is 9.78 Å². The minimum absolute atomic E-state index is 0.565. The molecular weight excluding hydrogens is 194 g/mol. The van der Waals surface area contributed by atoms with Crippen molar-refractivity contribution in [2.45, 2.75) is 20.0 Å². The Labute approximate surface area is 87.2 Å². The van der Waals surface area contributed by atoms with E-state index in [1.165, 1.54) is 5.56 Å². The molecule has 0 fully saturated rings. The summed E-state index contributed by atoms with van der Waals surface area (Å²) in [4.78, 5) is 0. The van der Waals surface area contributed by atoms with Crippen molar-refractivity contribution in [3.63, 3.8) is 0 Å². The molecule has 0 aromatic carbocycles. The van der Waals surface area contributed by atoms with Gasteiger partial charge in [0.15, 0.2) is 0 Å². The van der Waals surface area contributed by atoms with Gasteiger partial charge < -0.3 is 5.73 Å². The van der Waals surface area contributed by atoms with Crippen molar-refractivity contribution in [2.75, 3.05) is 0 Å². The highest BCUT2D eigenvalue weighted by atomic mass is 32.1. The van der Waals surface area contributed by atoms with Crippen LogP contribution in [0.2, 0.25) is 0 Å². The first-order chi connectivity index (χ1) is 6.79. The van der Waals surface area contributed by atoms with Gasteiger partial charge in [-0.15, -0.1) is 0 Å². The van der Waals surface area contributed by atoms with E-state index >= 15 is 0 Å². The summed E-state index contributed by atoms with van der Waals surface area (Å²) in [5, 5.41) is 8.61. The van der Waals surface area contributed by atoms with Crippen LogP contribution in [-0.2, 0) is 13.1 Å². The predicted molar refractivity (Wildman–Crippen MR) is 58.3 cm³/mol. The number of nitrogens with zero attached hydrogens (tertiary/aromatic N) is 2. The quantitative estimate of drug-likeness (QED) is 0.833. The highest BCUT2D eigenvalue weighted by molar-refractivity contribution is 7.07. The SMILES string of the molecule is Cc1nn(Cc2ccsc2)cc1CN. The Morgan fingerprint density at radius 1 is 1.57 bits per heavy atom. The van der Waals surface area contributed by atoms with Crippen LogP contribution in [0.25, 0.3) is 0 Å². The second-order valence-corrected chi connectivity index (χ2v) is 4.05. The lowest BCUT2D eigenvalue weighted by molar-refractivity contribution is 0.681. The van der Waals surface area contributed by atoms with Gasteiger partial charge in [0.2, 0.25) is 0 Å². The van der Waals surface area contributed by atoms with Crippen molar-refractivity contribution in [1.29, 1.82) is 0 Å². The molecule has 2 rings (SSSR count). The molecular formula is C10H13N3S. The predicted octanol–water partition coefficient (Wildman–Crippen LogP) is 1.76. The number of aromatic nitrogens is 2. The van der Waals surface area contributed by atoms with Crippen LogP contribution in [0, 0.1) is 6.92 Å². The highest BCUT2D eigenvalue weighted by Crippen LogP contribution is 2.10. The summed E-state index contributed by atoms with van der Waals surface area (Å²) in [6.45, 7) is 3.39. The molecule has 4 heteroatoms.